The predicted octanol–water partition coefficient (Wildman–Crippen LogP) is 3.06. The second kappa shape index (κ2) is 5.81. The predicted molar refractivity (Wildman–Crippen MR) is 96.6 cm³/mol. The summed E-state index contributed by atoms with van der Waals surface area (Å²) in [5.41, 5.74) is 3.70. The van der Waals surface area contributed by atoms with E-state index in [9.17, 15) is 4.79 Å². The Morgan fingerprint density at radius 1 is 1.42 bits per heavy atom. The van der Waals surface area contributed by atoms with E-state index in [1.807, 2.05) is 12.3 Å². The summed E-state index contributed by atoms with van der Waals surface area (Å²) in [4.78, 5) is 22.7. The van der Waals surface area contributed by atoms with Crippen molar-refractivity contribution in [1.29, 1.82) is 0 Å². The van der Waals surface area contributed by atoms with Gasteiger partial charge in [-0.05, 0) is 43.7 Å². The standard InChI is InChI=1S/C19H21N3OS/c1-11-6-7-14-15(9-11)24-19-17(14)18(23)20-16(21-19)10-22-8-4-5-12(2)13(22)3/h4-5,8,11H,6-7,9-10H2,1-3H3/p+1/t11-/m1/s1. The molecule has 0 radical (unpaired) electrons. The van der Waals surface area contributed by atoms with Crippen molar-refractivity contribution in [2.24, 2.45) is 5.92 Å². The lowest BCUT2D eigenvalue weighted by Gasteiger charge is -2.17. The number of H-pyrrole nitrogens is 1. The first-order valence-electron chi connectivity index (χ1n) is 8.52. The van der Waals surface area contributed by atoms with Gasteiger partial charge in [0.2, 0.25) is 6.54 Å². The second-order valence-electron chi connectivity index (χ2n) is 6.95. The van der Waals surface area contributed by atoms with E-state index in [0.717, 1.165) is 28.9 Å². The zero-order chi connectivity index (χ0) is 16.8. The van der Waals surface area contributed by atoms with Crippen molar-refractivity contribution in [2.45, 2.75) is 46.6 Å². The number of aromatic amines is 1. The SMILES string of the molecule is Cc1ccc[n+](Cc2nc3sc4c(c3c(=O)[nH]2)CC[C@@H](C)C4)c1C. The monoisotopic (exact) mass is 340 g/mol. The number of pyridine rings is 1. The van der Waals surface area contributed by atoms with Crippen molar-refractivity contribution in [3.8, 4) is 0 Å². The van der Waals surface area contributed by atoms with E-state index in [2.05, 4.69) is 36.4 Å². The van der Waals surface area contributed by atoms with E-state index in [1.54, 1.807) is 11.3 Å². The minimum absolute atomic E-state index is 0.0213. The third-order valence-electron chi connectivity index (χ3n) is 5.15. The van der Waals surface area contributed by atoms with Gasteiger partial charge in [-0.25, -0.2) is 4.98 Å². The molecule has 0 fully saturated rings. The van der Waals surface area contributed by atoms with Gasteiger partial charge < -0.3 is 4.98 Å². The summed E-state index contributed by atoms with van der Waals surface area (Å²) in [5.74, 6) is 1.44. The summed E-state index contributed by atoms with van der Waals surface area (Å²) in [7, 11) is 0. The summed E-state index contributed by atoms with van der Waals surface area (Å²) in [6, 6.07) is 4.13. The molecule has 0 bridgehead atoms. The van der Waals surface area contributed by atoms with Crippen LogP contribution in [-0.2, 0) is 19.4 Å². The molecule has 1 aliphatic rings. The highest BCUT2D eigenvalue weighted by Crippen LogP contribution is 2.35. The van der Waals surface area contributed by atoms with Gasteiger partial charge >= 0.3 is 0 Å². The average molecular weight is 340 g/mol. The first-order chi connectivity index (χ1) is 11.5. The fraction of sp³-hybridized carbons (Fsp3) is 0.421. The molecule has 3 aromatic heterocycles. The second-order valence-corrected chi connectivity index (χ2v) is 8.03. The molecule has 4 nitrogen and oxygen atoms in total. The van der Waals surface area contributed by atoms with Crippen molar-refractivity contribution in [1.82, 2.24) is 9.97 Å². The maximum absolute atomic E-state index is 12.7. The number of rotatable bonds is 2. The van der Waals surface area contributed by atoms with E-state index in [0.29, 0.717) is 12.5 Å². The molecule has 1 aliphatic carbocycles. The quantitative estimate of drug-likeness (QED) is 0.729. The van der Waals surface area contributed by atoms with Crippen LogP contribution < -0.4 is 10.1 Å². The van der Waals surface area contributed by atoms with Crippen LogP contribution in [0.3, 0.4) is 0 Å². The van der Waals surface area contributed by atoms with Gasteiger partial charge in [0.1, 0.15) is 4.83 Å². The van der Waals surface area contributed by atoms with Gasteiger partial charge in [0, 0.05) is 23.4 Å². The van der Waals surface area contributed by atoms with Gasteiger partial charge in [-0.1, -0.05) is 6.92 Å². The summed E-state index contributed by atoms with van der Waals surface area (Å²) >= 11 is 1.71. The van der Waals surface area contributed by atoms with Crippen LogP contribution in [0.15, 0.2) is 23.1 Å². The summed E-state index contributed by atoms with van der Waals surface area (Å²) < 4.78 is 2.13. The lowest BCUT2D eigenvalue weighted by molar-refractivity contribution is -0.695. The zero-order valence-corrected chi connectivity index (χ0v) is 15.2. The largest absolute Gasteiger partial charge is 0.305 e. The van der Waals surface area contributed by atoms with E-state index < -0.39 is 0 Å². The van der Waals surface area contributed by atoms with Crippen LogP contribution in [-0.4, -0.2) is 9.97 Å². The van der Waals surface area contributed by atoms with Gasteiger partial charge in [0.05, 0.1) is 5.39 Å². The molecule has 5 heteroatoms. The number of nitrogens with one attached hydrogen (secondary N) is 1. The molecule has 0 saturated carbocycles. The Hall–Kier alpha value is -2.01. The minimum Gasteiger partial charge on any atom is -0.305 e. The molecular weight excluding hydrogens is 318 g/mol. The fourth-order valence-electron chi connectivity index (χ4n) is 3.55. The molecule has 1 atom stereocenters. The van der Waals surface area contributed by atoms with Crippen LogP contribution in [0, 0.1) is 19.8 Å². The zero-order valence-electron chi connectivity index (χ0n) is 14.3. The van der Waals surface area contributed by atoms with Crippen molar-refractivity contribution >= 4 is 21.6 Å². The first-order valence-corrected chi connectivity index (χ1v) is 9.33. The number of hydrogen-bond acceptors (Lipinski definition) is 3. The van der Waals surface area contributed by atoms with Gasteiger partial charge in [0.15, 0.2) is 17.7 Å². The highest BCUT2D eigenvalue weighted by atomic mass is 32.1. The Labute approximate surface area is 145 Å². The fourth-order valence-corrected chi connectivity index (χ4v) is 4.95. The number of thiophene rings is 1. The highest BCUT2D eigenvalue weighted by Gasteiger charge is 2.23. The number of nitrogens with zero attached hydrogens (tertiary/aromatic N) is 2. The number of fused-ring (bicyclic) bond motifs is 3. The third-order valence-corrected chi connectivity index (χ3v) is 6.30. The average Bonchev–Trinajstić information content (AvgIpc) is 2.89. The van der Waals surface area contributed by atoms with Crippen LogP contribution in [0.25, 0.3) is 10.2 Å². The van der Waals surface area contributed by atoms with Crippen molar-refractivity contribution in [3.63, 3.8) is 0 Å². The van der Waals surface area contributed by atoms with Crippen LogP contribution in [0.4, 0.5) is 0 Å². The lowest BCUT2D eigenvalue weighted by Crippen LogP contribution is -2.39. The number of aryl methyl sites for hydroxylation is 2. The number of hydrogen-bond donors (Lipinski definition) is 1. The van der Waals surface area contributed by atoms with E-state index in [4.69, 9.17) is 4.98 Å². The molecule has 124 valence electrons. The van der Waals surface area contributed by atoms with Gasteiger partial charge in [-0.3, -0.25) is 4.79 Å². The maximum atomic E-state index is 12.7. The molecule has 0 spiro atoms. The Morgan fingerprint density at radius 3 is 3.08 bits per heavy atom. The Balaban J connectivity index is 1.78. The van der Waals surface area contributed by atoms with Crippen LogP contribution in [0.1, 0.15) is 40.9 Å². The number of aromatic nitrogens is 3. The molecule has 0 aliphatic heterocycles. The molecule has 4 rings (SSSR count). The molecular formula is C19H22N3OS+. The molecule has 1 N–H and O–H groups in total. The molecule has 0 amide bonds. The Kier molecular flexibility index (Phi) is 3.76. The molecule has 24 heavy (non-hydrogen) atoms. The molecule has 3 heterocycles. The van der Waals surface area contributed by atoms with Gasteiger partial charge in [0.25, 0.3) is 5.56 Å². The molecule has 0 unspecified atom stereocenters. The lowest BCUT2D eigenvalue weighted by atomic mass is 9.89. The van der Waals surface area contributed by atoms with Crippen LogP contribution in [0.2, 0.25) is 0 Å². The molecule has 0 saturated heterocycles. The highest BCUT2D eigenvalue weighted by molar-refractivity contribution is 7.18. The Morgan fingerprint density at radius 2 is 2.25 bits per heavy atom. The van der Waals surface area contributed by atoms with Gasteiger partial charge in [-0.2, -0.15) is 4.57 Å². The Bertz CT molecular complexity index is 986. The van der Waals surface area contributed by atoms with Crippen LogP contribution >= 0.6 is 11.3 Å². The summed E-state index contributed by atoms with van der Waals surface area (Å²) in [6.45, 7) is 7.07. The maximum Gasteiger partial charge on any atom is 0.260 e. The van der Waals surface area contributed by atoms with E-state index in [1.165, 1.54) is 28.1 Å². The van der Waals surface area contributed by atoms with E-state index in [-0.39, 0.29) is 5.56 Å². The first kappa shape index (κ1) is 15.5. The van der Waals surface area contributed by atoms with Crippen molar-refractivity contribution in [2.75, 3.05) is 0 Å². The minimum atomic E-state index is 0.0213. The van der Waals surface area contributed by atoms with E-state index >= 15 is 0 Å². The van der Waals surface area contributed by atoms with Gasteiger partial charge in [-0.15, -0.1) is 11.3 Å². The summed E-state index contributed by atoms with van der Waals surface area (Å²) in [6.07, 6.45) is 5.29. The third kappa shape index (κ3) is 2.57. The van der Waals surface area contributed by atoms with Crippen molar-refractivity contribution in [3.05, 3.63) is 56.2 Å². The summed E-state index contributed by atoms with van der Waals surface area (Å²) in [5, 5.41) is 0.830. The smallest absolute Gasteiger partial charge is 0.260 e. The molecule has 3 aromatic rings. The normalized spacial score (nSPS) is 17.2. The van der Waals surface area contributed by atoms with Crippen LogP contribution in [0.5, 0.6) is 0 Å². The topological polar surface area (TPSA) is 49.6 Å². The molecule has 0 aromatic carbocycles. The van der Waals surface area contributed by atoms with Crippen molar-refractivity contribution < 1.29 is 4.57 Å².